The van der Waals surface area contributed by atoms with E-state index in [1.165, 1.54) is 17.8 Å². The molecule has 2 aromatic rings. The Morgan fingerprint density at radius 3 is 3.25 bits per heavy atom. The normalized spacial score (nSPS) is 18.9. The molecule has 106 valence electrons. The van der Waals surface area contributed by atoms with E-state index in [-0.39, 0.29) is 12.0 Å². The summed E-state index contributed by atoms with van der Waals surface area (Å²) in [6.07, 6.45) is 7.21. The highest BCUT2D eigenvalue weighted by Gasteiger charge is 2.15. The van der Waals surface area contributed by atoms with Crippen molar-refractivity contribution in [2.75, 3.05) is 11.9 Å². The zero-order valence-electron chi connectivity index (χ0n) is 11.1. The maximum absolute atomic E-state index is 11.9. The number of thiophene rings is 1. The SMILES string of the molecule is O=C(Nc1cnn(C[C@@H]2CCCCO2)c1)c1ccsc1. The van der Waals surface area contributed by atoms with Crippen molar-refractivity contribution in [3.05, 3.63) is 34.8 Å². The minimum absolute atomic E-state index is 0.0975. The molecule has 1 N–H and O–H groups in total. The van der Waals surface area contributed by atoms with E-state index in [4.69, 9.17) is 4.74 Å². The fourth-order valence-electron chi connectivity index (χ4n) is 2.28. The van der Waals surface area contributed by atoms with E-state index in [0.717, 1.165) is 31.7 Å². The molecule has 1 atom stereocenters. The molecule has 0 aromatic carbocycles. The average molecular weight is 291 g/mol. The molecule has 0 aliphatic carbocycles. The van der Waals surface area contributed by atoms with Crippen molar-refractivity contribution in [2.24, 2.45) is 0 Å². The van der Waals surface area contributed by atoms with E-state index in [1.807, 2.05) is 21.6 Å². The molecule has 20 heavy (non-hydrogen) atoms. The van der Waals surface area contributed by atoms with Crippen molar-refractivity contribution in [2.45, 2.75) is 31.9 Å². The second-order valence-electron chi connectivity index (χ2n) is 4.91. The van der Waals surface area contributed by atoms with E-state index < -0.39 is 0 Å². The molecule has 1 amide bonds. The largest absolute Gasteiger partial charge is 0.376 e. The maximum atomic E-state index is 11.9. The van der Waals surface area contributed by atoms with Crippen molar-refractivity contribution in [1.82, 2.24) is 9.78 Å². The molecular weight excluding hydrogens is 274 g/mol. The molecule has 1 aliphatic rings. The van der Waals surface area contributed by atoms with Gasteiger partial charge in [-0.1, -0.05) is 0 Å². The molecule has 0 bridgehead atoms. The molecular formula is C14H17N3O2S. The highest BCUT2D eigenvalue weighted by Crippen LogP contribution is 2.16. The number of nitrogens with zero attached hydrogens (tertiary/aromatic N) is 2. The molecule has 3 rings (SSSR count). The predicted molar refractivity (Wildman–Crippen MR) is 78.1 cm³/mol. The number of amides is 1. The third-order valence-electron chi connectivity index (χ3n) is 3.34. The van der Waals surface area contributed by atoms with Crippen molar-refractivity contribution in [1.29, 1.82) is 0 Å². The van der Waals surface area contributed by atoms with Crippen molar-refractivity contribution in [3.63, 3.8) is 0 Å². The Balaban J connectivity index is 1.57. The second kappa shape index (κ2) is 6.19. The predicted octanol–water partition coefficient (Wildman–Crippen LogP) is 2.77. The number of nitrogens with one attached hydrogen (secondary N) is 1. The van der Waals surface area contributed by atoms with Crippen LogP contribution in [-0.2, 0) is 11.3 Å². The van der Waals surface area contributed by atoms with Crippen molar-refractivity contribution >= 4 is 22.9 Å². The van der Waals surface area contributed by atoms with Gasteiger partial charge in [0.15, 0.2) is 0 Å². The molecule has 6 heteroatoms. The van der Waals surface area contributed by atoms with Gasteiger partial charge in [-0.3, -0.25) is 9.48 Å². The third-order valence-corrected chi connectivity index (χ3v) is 4.02. The van der Waals surface area contributed by atoms with Crippen LogP contribution in [0.2, 0.25) is 0 Å². The van der Waals surface area contributed by atoms with Gasteiger partial charge in [-0.15, -0.1) is 0 Å². The number of carbonyl (C=O) groups is 1. The highest BCUT2D eigenvalue weighted by atomic mass is 32.1. The summed E-state index contributed by atoms with van der Waals surface area (Å²) in [5, 5.41) is 10.8. The number of aromatic nitrogens is 2. The lowest BCUT2D eigenvalue weighted by Gasteiger charge is -2.22. The first kappa shape index (κ1) is 13.3. The zero-order chi connectivity index (χ0) is 13.8. The fourth-order valence-corrected chi connectivity index (χ4v) is 2.92. The van der Waals surface area contributed by atoms with Crippen LogP contribution in [0.1, 0.15) is 29.6 Å². The number of hydrogen-bond acceptors (Lipinski definition) is 4. The quantitative estimate of drug-likeness (QED) is 0.942. The zero-order valence-corrected chi connectivity index (χ0v) is 11.9. The van der Waals surface area contributed by atoms with Gasteiger partial charge in [-0.2, -0.15) is 16.4 Å². The molecule has 1 aliphatic heterocycles. The summed E-state index contributed by atoms with van der Waals surface area (Å²) in [6, 6.07) is 1.81. The van der Waals surface area contributed by atoms with Crippen molar-refractivity contribution < 1.29 is 9.53 Å². The lowest BCUT2D eigenvalue weighted by atomic mass is 10.1. The van der Waals surface area contributed by atoms with Gasteiger partial charge in [0.05, 0.1) is 30.1 Å². The Labute approximate surface area is 121 Å². The summed E-state index contributed by atoms with van der Waals surface area (Å²) in [7, 11) is 0. The smallest absolute Gasteiger partial charge is 0.256 e. The number of rotatable bonds is 4. The van der Waals surface area contributed by atoms with Crippen LogP contribution in [0.15, 0.2) is 29.2 Å². The van der Waals surface area contributed by atoms with Gasteiger partial charge in [-0.05, 0) is 30.7 Å². The van der Waals surface area contributed by atoms with Gasteiger partial charge >= 0.3 is 0 Å². The van der Waals surface area contributed by atoms with Crippen LogP contribution in [0.3, 0.4) is 0 Å². The van der Waals surface area contributed by atoms with Crippen LogP contribution in [-0.4, -0.2) is 28.4 Å². The minimum Gasteiger partial charge on any atom is -0.376 e. The number of hydrogen-bond donors (Lipinski definition) is 1. The summed E-state index contributed by atoms with van der Waals surface area (Å²) in [6.45, 7) is 1.59. The van der Waals surface area contributed by atoms with E-state index in [1.54, 1.807) is 12.3 Å². The van der Waals surface area contributed by atoms with Crippen LogP contribution in [0.5, 0.6) is 0 Å². The first-order valence-electron chi connectivity index (χ1n) is 6.79. The molecule has 1 saturated heterocycles. The lowest BCUT2D eigenvalue weighted by molar-refractivity contribution is 0.00401. The molecule has 0 spiro atoms. The molecule has 0 radical (unpaired) electrons. The Hall–Kier alpha value is -1.66. The first-order chi connectivity index (χ1) is 9.81. The number of anilines is 1. The average Bonchev–Trinajstić information content (AvgIpc) is 3.11. The van der Waals surface area contributed by atoms with Gasteiger partial charge in [0, 0.05) is 18.2 Å². The van der Waals surface area contributed by atoms with E-state index in [2.05, 4.69) is 10.4 Å². The fraction of sp³-hybridized carbons (Fsp3) is 0.429. The van der Waals surface area contributed by atoms with Gasteiger partial charge in [0.25, 0.3) is 5.91 Å². The van der Waals surface area contributed by atoms with E-state index >= 15 is 0 Å². The van der Waals surface area contributed by atoms with Crippen LogP contribution in [0.4, 0.5) is 5.69 Å². The molecule has 2 aromatic heterocycles. The Bertz CT molecular complexity index is 559. The van der Waals surface area contributed by atoms with Crippen LogP contribution >= 0.6 is 11.3 Å². The van der Waals surface area contributed by atoms with Crippen molar-refractivity contribution in [3.8, 4) is 0 Å². The van der Waals surface area contributed by atoms with Gasteiger partial charge in [0.1, 0.15) is 0 Å². The van der Waals surface area contributed by atoms with E-state index in [0.29, 0.717) is 5.56 Å². The van der Waals surface area contributed by atoms with Gasteiger partial charge in [-0.25, -0.2) is 0 Å². The van der Waals surface area contributed by atoms with Crippen LogP contribution < -0.4 is 5.32 Å². The summed E-state index contributed by atoms with van der Waals surface area (Å²) < 4.78 is 7.52. The summed E-state index contributed by atoms with van der Waals surface area (Å²) in [5.41, 5.74) is 1.40. The molecule has 1 fully saturated rings. The van der Waals surface area contributed by atoms with E-state index in [9.17, 15) is 4.79 Å². The number of carbonyl (C=O) groups excluding carboxylic acids is 1. The monoisotopic (exact) mass is 291 g/mol. The molecule has 0 saturated carbocycles. The topological polar surface area (TPSA) is 56.2 Å². The highest BCUT2D eigenvalue weighted by molar-refractivity contribution is 7.08. The summed E-state index contributed by atoms with van der Waals surface area (Å²) >= 11 is 1.51. The van der Waals surface area contributed by atoms with Crippen LogP contribution in [0.25, 0.3) is 0 Å². The third kappa shape index (κ3) is 3.26. The lowest BCUT2D eigenvalue weighted by Crippen LogP contribution is -2.24. The molecule has 3 heterocycles. The number of ether oxygens (including phenoxy) is 1. The molecule has 0 unspecified atom stereocenters. The molecule has 5 nitrogen and oxygen atoms in total. The second-order valence-corrected chi connectivity index (χ2v) is 5.69. The summed E-state index contributed by atoms with van der Waals surface area (Å²) in [5.74, 6) is -0.0975. The van der Waals surface area contributed by atoms with Gasteiger partial charge < -0.3 is 10.1 Å². The first-order valence-corrected chi connectivity index (χ1v) is 7.73. The maximum Gasteiger partial charge on any atom is 0.256 e. The Morgan fingerprint density at radius 2 is 2.50 bits per heavy atom. The van der Waals surface area contributed by atoms with Crippen LogP contribution in [0, 0.1) is 0 Å². The Morgan fingerprint density at radius 1 is 1.55 bits per heavy atom. The standard InChI is InChI=1S/C14H17N3O2S/c18-14(11-4-6-20-10-11)16-12-7-15-17(8-12)9-13-3-1-2-5-19-13/h4,6-8,10,13H,1-3,5,9H2,(H,16,18)/t13-/m0/s1. The Kier molecular flexibility index (Phi) is 4.13. The van der Waals surface area contributed by atoms with Gasteiger partial charge in [0.2, 0.25) is 0 Å². The minimum atomic E-state index is -0.0975. The summed E-state index contributed by atoms with van der Waals surface area (Å²) in [4.78, 5) is 11.9.